The summed E-state index contributed by atoms with van der Waals surface area (Å²) in [6, 6.07) is 9.15. The molecule has 142 valence electrons. The number of amides is 1. The zero-order valence-electron chi connectivity index (χ0n) is 14.8. The number of anilines is 1. The van der Waals surface area contributed by atoms with Crippen LogP contribution in [0.3, 0.4) is 0 Å². The summed E-state index contributed by atoms with van der Waals surface area (Å²) in [4.78, 5) is 12.4. The fourth-order valence-corrected chi connectivity index (χ4v) is 4.30. The van der Waals surface area contributed by atoms with Gasteiger partial charge in [-0.05, 0) is 43.2 Å². The number of carbonyl (C=O) groups is 1. The van der Waals surface area contributed by atoms with Gasteiger partial charge in [0.25, 0.3) is 15.9 Å². The van der Waals surface area contributed by atoms with Crippen LogP contribution in [0.25, 0.3) is 0 Å². The van der Waals surface area contributed by atoms with Gasteiger partial charge in [-0.1, -0.05) is 6.42 Å². The summed E-state index contributed by atoms with van der Waals surface area (Å²) in [7, 11) is -2.31. The molecule has 1 aliphatic rings. The highest BCUT2D eigenvalue weighted by Gasteiger charge is 2.29. The van der Waals surface area contributed by atoms with E-state index < -0.39 is 15.9 Å². The maximum atomic E-state index is 12.6. The maximum Gasteiger partial charge on any atom is 0.291 e. The largest absolute Gasteiger partial charge is 0.495 e. The SMILES string of the molecule is COc1ccc(C#N)cc1NC(=O)c1ccc(S(=O)(=O)N2CCCCC2)o1. The molecule has 0 aliphatic carbocycles. The summed E-state index contributed by atoms with van der Waals surface area (Å²) in [6.07, 6.45) is 2.62. The molecule has 0 radical (unpaired) electrons. The lowest BCUT2D eigenvalue weighted by Gasteiger charge is -2.24. The standard InChI is InChI=1S/C18H19N3O5S/c1-25-15-6-5-13(12-19)11-14(15)20-18(22)16-7-8-17(26-16)27(23,24)21-9-3-2-4-10-21/h5-8,11H,2-4,9-10H2,1H3,(H,20,22). The molecule has 0 spiro atoms. The second-order valence-electron chi connectivity index (χ2n) is 6.06. The van der Waals surface area contributed by atoms with Crippen LogP contribution < -0.4 is 10.1 Å². The zero-order valence-corrected chi connectivity index (χ0v) is 15.6. The Kier molecular flexibility index (Phi) is 5.48. The van der Waals surface area contributed by atoms with Crippen LogP contribution in [0.4, 0.5) is 5.69 Å². The van der Waals surface area contributed by atoms with Gasteiger partial charge >= 0.3 is 0 Å². The number of hydrogen-bond donors (Lipinski definition) is 1. The second-order valence-corrected chi connectivity index (χ2v) is 7.93. The van der Waals surface area contributed by atoms with Gasteiger partial charge in [0.2, 0.25) is 5.09 Å². The van der Waals surface area contributed by atoms with E-state index in [1.807, 2.05) is 6.07 Å². The summed E-state index contributed by atoms with van der Waals surface area (Å²) in [5.41, 5.74) is 0.636. The number of piperidine rings is 1. The lowest BCUT2D eigenvalue weighted by molar-refractivity contribution is 0.0991. The lowest BCUT2D eigenvalue weighted by atomic mass is 10.2. The molecule has 0 saturated carbocycles. The highest BCUT2D eigenvalue weighted by atomic mass is 32.2. The number of rotatable bonds is 5. The van der Waals surface area contributed by atoms with Crippen LogP contribution in [0.15, 0.2) is 39.8 Å². The molecular weight excluding hydrogens is 370 g/mol. The molecule has 0 bridgehead atoms. The van der Waals surface area contributed by atoms with Crippen molar-refractivity contribution in [3.63, 3.8) is 0 Å². The molecule has 1 aliphatic heterocycles. The van der Waals surface area contributed by atoms with Crippen molar-refractivity contribution >= 4 is 21.6 Å². The van der Waals surface area contributed by atoms with Crippen LogP contribution in [0.5, 0.6) is 5.75 Å². The van der Waals surface area contributed by atoms with Gasteiger partial charge in [0, 0.05) is 13.1 Å². The average molecular weight is 389 g/mol. The Morgan fingerprint density at radius 2 is 1.96 bits per heavy atom. The summed E-state index contributed by atoms with van der Waals surface area (Å²) in [5, 5.41) is 11.3. The number of nitriles is 1. The Bertz CT molecular complexity index is 985. The third kappa shape index (κ3) is 3.97. The summed E-state index contributed by atoms with van der Waals surface area (Å²) in [6.45, 7) is 0.894. The first-order chi connectivity index (χ1) is 13.0. The molecule has 1 aromatic carbocycles. The van der Waals surface area contributed by atoms with Crippen molar-refractivity contribution in [1.82, 2.24) is 4.31 Å². The van der Waals surface area contributed by atoms with Gasteiger partial charge in [-0.25, -0.2) is 8.42 Å². The molecule has 1 N–H and O–H groups in total. The minimum atomic E-state index is -3.75. The predicted molar refractivity (Wildman–Crippen MR) is 97.0 cm³/mol. The highest BCUT2D eigenvalue weighted by Crippen LogP contribution is 2.27. The number of furan rings is 1. The van der Waals surface area contributed by atoms with Gasteiger partial charge in [-0.2, -0.15) is 9.57 Å². The monoisotopic (exact) mass is 389 g/mol. The predicted octanol–water partition coefficient (Wildman–Crippen LogP) is 2.59. The number of hydrogen-bond acceptors (Lipinski definition) is 6. The molecule has 1 amide bonds. The zero-order chi connectivity index (χ0) is 19.4. The van der Waals surface area contributed by atoms with Crippen molar-refractivity contribution in [1.29, 1.82) is 5.26 Å². The van der Waals surface area contributed by atoms with E-state index in [2.05, 4.69) is 5.32 Å². The molecule has 1 saturated heterocycles. The fraction of sp³-hybridized carbons (Fsp3) is 0.333. The Hall–Kier alpha value is -2.83. The van der Waals surface area contributed by atoms with Crippen molar-refractivity contribution in [2.45, 2.75) is 24.4 Å². The smallest absolute Gasteiger partial charge is 0.291 e. The van der Waals surface area contributed by atoms with Crippen LogP contribution in [0.2, 0.25) is 0 Å². The van der Waals surface area contributed by atoms with E-state index >= 15 is 0 Å². The van der Waals surface area contributed by atoms with Crippen LogP contribution in [0, 0.1) is 11.3 Å². The van der Waals surface area contributed by atoms with Crippen molar-refractivity contribution in [3.05, 3.63) is 41.7 Å². The molecule has 0 atom stereocenters. The topological polar surface area (TPSA) is 113 Å². The van der Waals surface area contributed by atoms with E-state index in [9.17, 15) is 13.2 Å². The van der Waals surface area contributed by atoms with Crippen LogP contribution in [-0.4, -0.2) is 38.8 Å². The van der Waals surface area contributed by atoms with Gasteiger partial charge in [0.05, 0.1) is 24.4 Å². The molecule has 2 aromatic rings. The number of benzene rings is 1. The Morgan fingerprint density at radius 1 is 1.22 bits per heavy atom. The van der Waals surface area contributed by atoms with Crippen molar-refractivity contribution < 1.29 is 22.4 Å². The Balaban J connectivity index is 1.81. The molecule has 2 heterocycles. The quantitative estimate of drug-likeness (QED) is 0.841. The number of nitrogens with zero attached hydrogens (tertiary/aromatic N) is 2. The molecule has 1 aromatic heterocycles. The maximum absolute atomic E-state index is 12.6. The molecular formula is C18H19N3O5S. The van der Waals surface area contributed by atoms with E-state index in [4.69, 9.17) is 14.4 Å². The first-order valence-electron chi connectivity index (χ1n) is 8.45. The van der Waals surface area contributed by atoms with Crippen molar-refractivity contribution in [2.75, 3.05) is 25.5 Å². The van der Waals surface area contributed by atoms with E-state index in [0.717, 1.165) is 19.3 Å². The number of ether oxygens (including phenoxy) is 1. The molecule has 0 unspecified atom stereocenters. The Labute approximate surface area is 157 Å². The van der Waals surface area contributed by atoms with Gasteiger partial charge in [0.1, 0.15) is 5.75 Å². The minimum Gasteiger partial charge on any atom is -0.495 e. The fourth-order valence-electron chi connectivity index (χ4n) is 2.87. The highest BCUT2D eigenvalue weighted by molar-refractivity contribution is 7.89. The van der Waals surface area contributed by atoms with E-state index in [1.54, 1.807) is 12.1 Å². The summed E-state index contributed by atoms with van der Waals surface area (Å²) >= 11 is 0. The molecule has 3 rings (SSSR count). The third-order valence-electron chi connectivity index (χ3n) is 4.29. The van der Waals surface area contributed by atoms with Crippen LogP contribution in [0.1, 0.15) is 35.4 Å². The number of methoxy groups -OCH3 is 1. The molecule has 8 nitrogen and oxygen atoms in total. The first-order valence-corrected chi connectivity index (χ1v) is 9.89. The molecule has 27 heavy (non-hydrogen) atoms. The van der Waals surface area contributed by atoms with Gasteiger partial charge < -0.3 is 14.5 Å². The van der Waals surface area contributed by atoms with E-state index in [-0.39, 0.29) is 10.9 Å². The second kappa shape index (κ2) is 7.82. The average Bonchev–Trinajstić information content (AvgIpc) is 3.20. The minimum absolute atomic E-state index is 0.144. The normalized spacial score (nSPS) is 15.1. The molecule has 9 heteroatoms. The van der Waals surface area contributed by atoms with E-state index in [1.165, 1.54) is 29.6 Å². The first kappa shape index (κ1) is 18.9. The number of nitrogens with one attached hydrogen (secondary N) is 1. The van der Waals surface area contributed by atoms with Crippen molar-refractivity contribution in [2.24, 2.45) is 0 Å². The lowest BCUT2D eigenvalue weighted by Crippen LogP contribution is -2.35. The summed E-state index contributed by atoms with van der Waals surface area (Å²) in [5.74, 6) is -0.409. The van der Waals surface area contributed by atoms with Crippen LogP contribution >= 0.6 is 0 Å². The number of carbonyl (C=O) groups excluding carboxylic acids is 1. The molecule has 1 fully saturated rings. The third-order valence-corrected chi connectivity index (χ3v) is 6.06. The van der Waals surface area contributed by atoms with Gasteiger partial charge in [0.15, 0.2) is 5.76 Å². The summed E-state index contributed by atoms with van der Waals surface area (Å²) < 4.78 is 37.1. The number of sulfonamides is 1. The Morgan fingerprint density at radius 3 is 2.63 bits per heavy atom. The van der Waals surface area contributed by atoms with Crippen LogP contribution in [-0.2, 0) is 10.0 Å². The van der Waals surface area contributed by atoms with Gasteiger partial charge in [-0.15, -0.1) is 0 Å². The van der Waals surface area contributed by atoms with Gasteiger partial charge in [-0.3, -0.25) is 4.79 Å². The van der Waals surface area contributed by atoms with Crippen molar-refractivity contribution in [3.8, 4) is 11.8 Å². The van der Waals surface area contributed by atoms with E-state index in [0.29, 0.717) is 30.1 Å².